The molecule has 0 spiro atoms. The summed E-state index contributed by atoms with van der Waals surface area (Å²) in [6, 6.07) is 8.28. The Bertz CT molecular complexity index is 875. The van der Waals surface area contributed by atoms with Gasteiger partial charge in [0.25, 0.3) is 0 Å². The molecule has 0 amide bonds. The summed E-state index contributed by atoms with van der Waals surface area (Å²) in [6.45, 7) is 1.76. The number of aromatic hydroxyl groups is 1. The van der Waals surface area contributed by atoms with Gasteiger partial charge in [0.05, 0.1) is 10.3 Å². The topological polar surface area (TPSA) is 67.5 Å². The molecule has 0 saturated carbocycles. The summed E-state index contributed by atoms with van der Waals surface area (Å²) < 4.78 is 5.64. The SMILES string of the molecule is CCC(=O)c1ccc2oc(-c3cccs3)c(O)c(=O)c2c1. The lowest BCUT2D eigenvalue weighted by Crippen LogP contribution is -2.04. The second kappa shape index (κ2) is 5.18. The van der Waals surface area contributed by atoms with Crippen LogP contribution in [0.1, 0.15) is 23.7 Å². The number of carbonyl (C=O) groups excluding carboxylic acids is 1. The first kappa shape index (κ1) is 13.6. The second-order valence-corrected chi connectivity index (χ2v) is 5.52. The van der Waals surface area contributed by atoms with Crippen LogP contribution in [0.5, 0.6) is 5.75 Å². The summed E-state index contributed by atoms with van der Waals surface area (Å²) >= 11 is 1.37. The average molecular weight is 300 g/mol. The van der Waals surface area contributed by atoms with E-state index in [4.69, 9.17) is 4.42 Å². The number of Topliss-reactive ketones (excluding diaryl/α,β-unsaturated/α-hetero) is 1. The molecule has 0 atom stereocenters. The van der Waals surface area contributed by atoms with Gasteiger partial charge in [-0.15, -0.1) is 11.3 Å². The molecule has 0 unspecified atom stereocenters. The number of hydrogen-bond donors (Lipinski definition) is 1. The van der Waals surface area contributed by atoms with Gasteiger partial charge in [0.2, 0.25) is 11.2 Å². The molecular weight excluding hydrogens is 288 g/mol. The van der Waals surface area contributed by atoms with Crippen molar-refractivity contribution in [2.45, 2.75) is 13.3 Å². The maximum Gasteiger partial charge on any atom is 0.235 e. The normalized spacial score (nSPS) is 10.9. The fourth-order valence-corrected chi connectivity index (χ4v) is 2.84. The lowest BCUT2D eigenvalue weighted by atomic mass is 10.1. The van der Waals surface area contributed by atoms with Crippen LogP contribution in [0.4, 0.5) is 0 Å². The van der Waals surface area contributed by atoms with Gasteiger partial charge in [-0.05, 0) is 29.6 Å². The molecule has 106 valence electrons. The summed E-state index contributed by atoms with van der Waals surface area (Å²) in [7, 11) is 0. The molecule has 3 rings (SSSR count). The lowest BCUT2D eigenvalue weighted by Gasteiger charge is -2.05. The van der Waals surface area contributed by atoms with Crippen LogP contribution in [0.2, 0.25) is 0 Å². The van der Waals surface area contributed by atoms with Gasteiger partial charge in [-0.2, -0.15) is 0 Å². The van der Waals surface area contributed by atoms with Gasteiger partial charge in [-0.1, -0.05) is 13.0 Å². The van der Waals surface area contributed by atoms with Gasteiger partial charge in [0, 0.05) is 12.0 Å². The van der Waals surface area contributed by atoms with Crippen molar-refractivity contribution in [3.05, 3.63) is 51.5 Å². The summed E-state index contributed by atoms with van der Waals surface area (Å²) in [5.41, 5.74) is 0.278. The number of ketones is 1. The van der Waals surface area contributed by atoms with Crippen LogP contribution in [0, 0.1) is 0 Å². The molecule has 0 radical (unpaired) electrons. The minimum atomic E-state index is -0.523. The first-order valence-corrected chi connectivity index (χ1v) is 7.36. The Kier molecular flexibility index (Phi) is 3.35. The first-order chi connectivity index (χ1) is 10.1. The van der Waals surface area contributed by atoms with Crippen molar-refractivity contribution in [1.29, 1.82) is 0 Å². The van der Waals surface area contributed by atoms with E-state index in [1.807, 2.05) is 11.4 Å². The number of carbonyl (C=O) groups is 1. The molecule has 2 heterocycles. The largest absolute Gasteiger partial charge is 0.501 e. The quantitative estimate of drug-likeness (QED) is 0.747. The van der Waals surface area contributed by atoms with Crippen LogP contribution in [0.15, 0.2) is 44.9 Å². The van der Waals surface area contributed by atoms with E-state index in [-0.39, 0.29) is 16.9 Å². The van der Waals surface area contributed by atoms with Gasteiger partial charge < -0.3 is 9.52 Å². The predicted molar refractivity (Wildman–Crippen MR) is 82.1 cm³/mol. The Balaban J connectivity index is 2.28. The highest BCUT2D eigenvalue weighted by Crippen LogP contribution is 2.33. The van der Waals surface area contributed by atoms with Crippen molar-refractivity contribution in [1.82, 2.24) is 0 Å². The summed E-state index contributed by atoms with van der Waals surface area (Å²) in [4.78, 5) is 24.7. The first-order valence-electron chi connectivity index (χ1n) is 6.48. The van der Waals surface area contributed by atoms with Gasteiger partial charge in [0.1, 0.15) is 5.58 Å². The average Bonchev–Trinajstić information content (AvgIpc) is 3.03. The molecule has 0 aliphatic carbocycles. The maximum absolute atomic E-state index is 12.3. The molecular formula is C16H12O4S. The molecule has 0 saturated heterocycles. The molecule has 1 N–H and O–H groups in total. The minimum absolute atomic E-state index is 0.0573. The zero-order valence-corrected chi connectivity index (χ0v) is 12.1. The molecule has 0 bridgehead atoms. The van der Waals surface area contributed by atoms with Gasteiger partial charge in [-0.3, -0.25) is 9.59 Å². The van der Waals surface area contributed by atoms with Crippen molar-refractivity contribution in [3.63, 3.8) is 0 Å². The minimum Gasteiger partial charge on any atom is -0.501 e. The van der Waals surface area contributed by atoms with E-state index in [1.54, 1.807) is 25.1 Å². The Labute approximate surface area is 124 Å². The zero-order valence-electron chi connectivity index (χ0n) is 11.3. The molecule has 5 heteroatoms. The van der Waals surface area contributed by atoms with E-state index in [0.717, 1.165) is 0 Å². The van der Waals surface area contributed by atoms with E-state index < -0.39 is 11.2 Å². The van der Waals surface area contributed by atoms with Crippen molar-refractivity contribution >= 4 is 28.1 Å². The van der Waals surface area contributed by atoms with E-state index in [0.29, 0.717) is 22.4 Å². The number of hydrogen-bond acceptors (Lipinski definition) is 5. The zero-order chi connectivity index (χ0) is 15.0. The molecule has 0 aliphatic heterocycles. The monoisotopic (exact) mass is 300 g/mol. The number of rotatable bonds is 3. The Morgan fingerprint density at radius 1 is 1.33 bits per heavy atom. The fraction of sp³-hybridized carbons (Fsp3) is 0.125. The van der Waals surface area contributed by atoms with Crippen LogP contribution in [-0.2, 0) is 0 Å². The fourth-order valence-electron chi connectivity index (χ4n) is 2.14. The smallest absolute Gasteiger partial charge is 0.235 e. The molecule has 2 aromatic heterocycles. The van der Waals surface area contributed by atoms with Crippen molar-refractivity contribution < 1.29 is 14.3 Å². The summed E-state index contributed by atoms with van der Waals surface area (Å²) in [5, 5.41) is 12.1. The molecule has 0 fully saturated rings. The lowest BCUT2D eigenvalue weighted by molar-refractivity contribution is 0.0988. The van der Waals surface area contributed by atoms with E-state index >= 15 is 0 Å². The predicted octanol–water partition coefficient (Wildman–Crippen LogP) is 3.82. The van der Waals surface area contributed by atoms with E-state index in [9.17, 15) is 14.7 Å². The van der Waals surface area contributed by atoms with Crippen molar-refractivity contribution in [2.24, 2.45) is 0 Å². The third-order valence-electron chi connectivity index (χ3n) is 3.25. The summed E-state index contributed by atoms with van der Waals surface area (Å²) in [6.07, 6.45) is 0.357. The molecule has 1 aromatic carbocycles. The molecule has 4 nitrogen and oxygen atoms in total. The number of fused-ring (bicyclic) bond motifs is 1. The van der Waals surface area contributed by atoms with Crippen LogP contribution in [0.3, 0.4) is 0 Å². The Morgan fingerprint density at radius 2 is 2.14 bits per heavy atom. The standard InChI is InChI=1S/C16H12O4S/c1-2-11(17)9-5-6-12-10(8-9)14(18)15(19)16(20-12)13-4-3-7-21-13/h3-8,19H,2H2,1H3. The highest BCUT2D eigenvalue weighted by molar-refractivity contribution is 7.13. The second-order valence-electron chi connectivity index (χ2n) is 4.57. The third kappa shape index (κ3) is 2.25. The van der Waals surface area contributed by atoms with Gasteiger partial charge >= 0.3 is 0 Å². The Morgan fingerprint density at radius 3 is 2.81 bits per heavy atom. The molecule has 0 aliphatic rings. The highest BCUT2D eigenvalue weighted by atomic mass is 32.1. The van der Waals surface area contributed by atoms with Crippen molar-refractivity contribution in [2.75, 3.05) is 0 Å². The highest BCUT2D eigenvalue weighted by Gasteiger charge is 2.17. The van der Waals surface area contributed by atoms with Gasteiger partial charge in [-0.25, -0.2) is 0 Å². The third-order valence-corrected chi connectivity index (χ3v) is 4.12. The van der Waals surface area contributed by atoms with Crippen LogP contribution in [-0.4, -0.2) is 10.9 Å². The van der Waals surface area contributed by atoms with E-state index in [1.165, 1.54) is 17.4 Å². The maximum atomic E-state index is 12.3. The van der Waals surface area contributed by atoms with Crippen LogP contribution >= 0.6 is 11.3 Å². The number of benzene rings is 1. The van der Waals surface area contributed by atoms with Crippen LogP contribution < -0.4 is 5.43 Å². The molecule has 21 heavy (non-hydrogen) atoms. The summed E-state index contributed by atoms with van der Waals surface area (Å²) in [5.74, 6) is -0.318. The van der Waals surface area contributed by atoms with Crippen LogP contribution in [0.25, 0.3) is 21.6 Å². The van der Waals surface area contributed by atoms with Crippen molar-refractivity contribution in [3.8, 4) is 16.4 Å². The Hall–Kier alpha value is -2.40. The molecule has 3 aromatic rings. The van der Waals surface area contributed by atoms with Gasteiger partial charge in [0.15, 0.2) is 11.5 Å². The van der Waals surface area contributed by atoms with E-state index in [2.05, 4.69) is 0 Å². The number of thiophene rings is 1.